The molecule has 1 unspecified atom stereocenters. The third-order valence-electron chi connectivity index (χ3n) is 1.98. The zero-order valence-corrected chi connectivity index (χ0v) is 9.21. The van der Waals surface area contributed by atoms with E-state index in [9.17, 15) is 4.39 Å². The molecule has 1 aromatic rings. The van der Waals surface area contributed by atoms with Gasteiger partial charge in [-0.25, -0.2) is 4.39 Å². The number of halogens is 1. The van der Waals surface area contributed by atoms with E-state index in [1.165, 1.54) is 13.2 Å². The smallest absolute Gasteiger partial charge is 0.165 e. The minimum atomic E-state index is -0.359. The van der Waals surface area contributed by atoms with E-state index in [4.69, 9.17) is 9.47 Å². The molecular formula is C11H16FNO2. The van der Waals surface area contributed by atoms with E-state index < -0.39 is 0 Å². The van der Waals surface area contributed by atoms with Crippen molar-refractivity contribution in [3.63, 3.8) is 0 Å². The molecule has 15 heavy (non-hydrogen) atoms. The highest BCUT2D eigenvalue weighted by atomic mass is 19.1. The molecule has 1 atom stereocenters. The number of benzene rings is 1. The normalized spacial score (nSPS) is 12.3. The van der Waals surface area contributed by atoms with Crippen LogP contribution in [0.25, 0.3) is 0 Å². The minimum absolute atomic E-state index is 0.171. The van der Waals surface area contributed by atoms with E-state index in [1.807, 2.05) is 6.92 Å². The standard InChI is InChI=1S/C11H16FNO2/c1-8(7-14-2)13-9-4-5-10(12)11(6-9)15-3/h4-6,8,13H,7H2,1-3H3. The molecule has 0 amide bonds. The van der Waals surface area contributed by atoms with Crippen molar-refractivity contribution in [2.24, 2.45) is 0 Å². The van der Waals surface area contributed by atoms with E-state index in [0.29, 0.717) is 6.61 Å². The topological polar surface area (TPSA) is 30.5 Å². The maximum absolute atomic E-state index is 13.1. The van der Waals surface area contributed by atoms with Crippen LogP contribution < -0.4 is 10.1 Å². The number of methoxy groups -OCH3 is 2. The lowest BCUT2D eigenvalue weighted by Gasteiger charge is -2.14. The fourth-order valence-corrected chi connectivity index (χ4v) is 1.33. The second-order valence-corrected chi connectivity index (χ2v) is 3.35. The largest absolute Gasteiger partial charge is 0.494 e. The molecule has 0 saturated heterocycles. The van der Waals surface area contributed by atoms with Crippen molar-refractivity contribution in [3.8, 4) is 5.75 Å². The van der Waals surface area contributed by atoms with Gasteiger partial charge in [-0.05, 0) is 19.1 Å². The van der Waals surface area contributed by atoms with E-state index >= 15 is 0 Å². The second-order valence-electron chi connectivity index (χ2n) is 3.35. The average molecular weight is 213 g/mol. The quantitative estimate of drug-likeness (QED) is 0.814. The third kappa shape index (κ3) is 3.40. The van der Waals surface area contributed by atoms with Gasteiger partial charge in [-0.3, -0.25) is 0 Å². The Hall–Kier alpha value is -1.29. The molecule has 0 spiro atoms. The Morgan fingerprint density at radius 2 is 2.13 bits per heavy atom. The van der Waals surface area contributed by atoms with Gasteiger partial charge in [0.15, 0.2) is 11.6 Å². The SMILES string of the molecule is COCC(C)Nc1ccc(F)c(OC)c1. The van der Waals surface area contributed by atoms with Crippen molar-refractivity contribution >= 4 is 5.69 Å². The molecule has 0 radical (unpaired) electrons. The Labute approximate surface area is 89.2 Å². The first-order valence-corrected chi connectivity index (χ1v) is 4.76. The molecule has 0 bridgehead atoms. The molecule has 1 rings (SSSR count). The van der Waals surface area contributed by atoms with Crippen molar-refractivity contribution in [2.75, 3.05) is 26.1 Å². The van der Waals surface area contributed by atoms with Gasteiger partial charge >= 0.3 is 0 Å². The summed E-state index contributed by atoms with van der Waals surface area (Å²) in [5.74, 6) is -0.118. The van der Waals surface area contributed by atoms with Crippen LogP contribution in [0.15, 0.2) is 18.2 Å². The van der Waals surface area contributed by atoms with Gasteiger partial charge in [0, 0.05) is 24.9 Å². The predicted octanol–water partition coefficient (Wildman–Crippen LogP) is 2.28. The van der Waals surface area contributed by atoms with E-state index in [0.717, 1.165) is 5.69 Å². The molecule has 0 fully saturated rings. The van der Waals surface area contributed by atoms with Gasteiger partial charge in [0.25, 0.3) is 0 Å². The van der Waals surface area contributed by atoms with Crippen LogP contribution in [0.3, 0.4) is 0 Å². The number of hydrogen-bond acceptors (Lipinski definition) is 3. The summed E-state index contributed by atoms with van der Waals surface area (Å²) in [6, 6.07) is 4.84. The van der Waals surface area contributed by atoms with E-state index in [-0.39, 0.29) is 17.6 Å². The average Bonchev–Trinajstić information content (AvgIpc) is 2.21. The summed E-state index contributed by atoms with van der Waals surface area (Å²) in [7, 11) is 3.09. The molecular weight excluding hydrogens is 197 g/mol. The van der Waals surface area contributed by atoms with Gasteiger partial charge in [-0.15, -0.1) is 0 Å². The molecule has 4 heteroatoms. The second kappa shape index (κ2) is 5.56. The molecule has 0 saturated carbocycles. The summed E-state index contributed by atoms with van der Waals surface area (Å²) in [6.07, 6.45) is 0. The Kier molecular flexibility index (Phi) is 4.37. The third-order valence-corrected chi connectivity index (χ3v) is 1.98. The highest BCUT2D eigenvalue weighted by Crippen LogP contribution is 2.21. The van der Waals surface area contributed by atoms with Crippen molar-refractivity contribution < 1.29 is 13.9 Å². The lowest BCUT2D eigenvalue weighted by Crippen LogP contribution is -2.20. The van der Waals surface area contributed by atoms with Crippen LogP contribution in [0.4, 0.5) is 10.1 Å². The van der Waals surface area contributed by atoms with Gasteiger partial charge < -0.3 is 14.8 Å². The Bertz CT molecular complexity index is 317. The molecule has 1 N–H and O–H groups in total. The van der Waals surface area contributed by atoms with Crippen LogP contribution in [-0.2, 0) is 4.74 Å². The highest BCUT2D eigenvalue weighted by Gasteiger charge is 2.05. The fourth-order valence-electron chi connectivity index (χ4n) is 1.33. The number of hydrogen-bond donors (Lipinski definition) is 1. The van der Waals surface area contributed by atoms with Gasteiger partial charge in [0.1, 0.15) is 0 Å². The van der Waals surface area contributed by atoms with Crippen LogP contribution in [-0.4, -0.2) is 26.9 Å². The van der Waals surface area contributed by atoms with E-state index in [1.54, 1.807) is 19.2 Å². The van der Waals surface area contributed by atoms with E-state index in [2.05, 4.69) is 5.32 Å². The summed E-state index contributed by atoms with van der Waals surface area (Å²) in [6.45, 7) is 2.58. The maximum atomic E-state index is 13.1. The van der Waals surface area contributed by atoms with Crippen LogP contribution in [0.2, 0.25) is 0 Å². The lowest BCUT2D eigenvalue weighted by molar-refractivity contribution is 0.190. The minimum Gasteiger partial charge on any atom is -0.494 e. The number of rotatable bonds is 5. The first-order valence-electron chi connectivity index (χ1n) is 4.76. The van der Waals surface area contributed by atoms with Gasteiger partial charge in [-0.2, -0.15) is 0 Å². The number of anilines is 1. The number of ether oxygens (including phenoxy) is 2. The molecule has 3 nitrogen and oxygen atoms in total. The first-order chi connectivity index (χ1) is 7.17. The van der Waals surface area contributed by atoms with Crippen molar-refractivity contribution in [3.05, 3.63) is 24.0 Å². The zero-order chi connectivity index (χ0) is 11.3. The summed E-state index contributed by atoms with van der Waals surface area (Å²) >= 11 is 0. The van der Waals surface area contributed by atoms with Crippen LogP contribution in [0.1, 0.15) is 6.92 Å². The summed E-state index contributed by atoms with van der Waals surface area (Å²) < 4.78 is 22.9. The number of nitrogens with one attached hydrogen (secondary N) is 1. The predicted molar refractivity (Wildman–Crippen MR) is 57.9 cm³/mol. The Balaban J connectivity index is 2.69. The Morgan fingerprint density at radius 3 is 2.73 bits per heavy atom. The Morgan fingerprint density at radius 1 is 1.40 bits per heavy atom. The zero-order valence-electron chi connectivity index (χ0n) is 9.21. The molecule has 0 heterocycles. The van der Waals surface area contributed by atoms with Gasteiger partial charge in [-0.1, -0.05) is 0 Å². The lowest BCUT2D eigenvalue weighted by atomic mass is 10.2. The molecule has 84 valence electrons. The summed E-state index contributed by atoms with van der Waals surface area (Å²) in [5, 5.41) is 3.17. The molecule has 0 aromatic heterocycles. The molecule has 0 aliphatic carbocycles. The first kappa shape index (κ1) is 11.8. The maximum Gasteiger partial charge on any atom is 0.165 e. The van der Waals surface area contributed by atoms with Crippen molar-refractivity contribution in [2.45, 2.75) is 13.0 Å². The molecule has 0 aliphatic heterocycles. The highest BCUT2D eigenvalue weighted by molar-refractivity contribution is 5.49. The van der Waals surface area contributed by atoms with Gasteiger partial charge in [0.05, 0.1) is 13.7 Å². The van der Waals surface area contributed by atoms with Gasteiger partial charge in [0.2, 0.25) is 0 Å². The fraction of sp³-hybridized carbons (Fsp3) is 0.455. The van der Waals surface area contributed by atoms with Crippen molar-refractivity contribution in [1.82, 2.24) is 0 Å². The summed E-state index contributed by atoms with van der Waals surface area (Å²) in [4.78, 5) is 0. The van der Waals surface area contributed by atoms with Crippen LogP contribution in [0.5, 0.6) is 5.75 Å². The monoisotopic (exact) mass is 213 g/mol. The van der Waals surface area contributed by atoms with Crippen molar-refractivity contribution in [1.29, 1.82) is 0 Å². The molecule has 0 aliphatic rings. The summed E-state index contributed by atoms with van der Waals surface area (Å²) in [5.41, 5.74) is 0.817. The molecule has 1 aromatic carbocycles. The van der Waals surface area contributed by atoms with Crippen LogP contribution in [0, 0.1) is 5.82 Å². The van der Waals surface area contributed by atoms with Crippen LogP contribution >= 0.6 is 0 Å².